The van der Waals surface area contributed by atoms with Gasteiger partial charge < -0.3 is 9.84 Å². The lowest BCUT2D eigenvalue weighted by molar-refractivity contribution is 0.391. The third kappa shape index (κ3) is 3.08. The molecule has 104 valence electrons. The van der Waals surface area contributed by atoms with Crippen LogP contribution in [-0.4, -0.2) is 15.3 Å². The Hall–Kier alpha value is -2.07. The molecule has 2 aromatic rings. The second-order valence-corrected chi connectivity index (χ2v) is 4.97. The lowest BCUT2D eigenvalue weighted by Crippen LogP contribution is -1.95. The molecule has 20 heavy (non-hydrogen) atoms. The maximum atomic E-state index is 9.77. The average molecular weight is 291 g/mol. The molecule has 0 amide bonds. The summed E-state index contributed by atoms with van der Waals surface area (Å²) in [5, 5.41) is 17.3. The molecule has 0 fully saturated rings. The number of nitrogens with zero attached hydrogens (tertiary/aromatic N) is 2. The molecule has 0 spiro atoms. The molecule has 0 bridgehead atoms. The van der Waals surface area contributed by atoms with Crippen LogP contribution in [0.2, 0.25) is 5.15 Å². The zero-order chi connectivity index (χ0) is 14.7. The monoisotopic (exact) mass is 290 g/mol. The second-order valence-electron chi connectivity index (χ2n) is 4.58. The van der Waals surface area contributed by atoms with Gasteiger partial charge in [0.2, 0.25) is 0 Å². The molecule has 0 radical (unpaired) electrons. The van der Waals surface area contributed by atoms with Crippen LogP contribution < -0.4 is 4.74 Å². The Morgan fingerprint density at radius 2 is 1.85 bits per heavy atom. The summed E-state index contributed by atoms with van der Waals surface area (Å²) in [6, 6.07) is 8.86. The van der Waals surface area contributed by atoms with E-state index in [4.69, 9.17) is 16.3 Å². The predicted octanol–water partition coefficient (Wildman–Crippen LogP) is 4.44. The summed E-state index contributed by atoms with van der Waals surface area (Å²) in [6.07, 6.45) is 0. The van der Waals surface area contributed by atoms with E-state index in [1.165, 1.54) is 11.6 Å². The molecular weight excluding hydrogens is 276 g/mol. The lowest BCUT2D eigenvalue weighted by atomic mass is 10.0. The highest BCUT2D eigenvalue weighted by Gasteiger charge is 2.12. The van der Waals surface area contributed by atoms with Gasteiger partial charge in [-0.15, -0.1) is 10.2 Å². The first-order valence-electron chi connectivity index (χ1n) is 6.12. The van der Waals surface area contributed by atoms with Crippen LogP contribution in [0.4, 0.5) is 0 Å². The fraction of sp³-hybridized carbons (Fsp3) is 0.200. The Morgan fingerprint density at radius 3 is 2.50 bits per heavy atom. The zero-order valence-corrected chi connectivity index (χ0v) is 12.3. The maximum absolute atomic E-state index is 9.77. The highest BCUT2D eigenvalue weighted by atomic mass is 35.5. The van der Waals surface area contributed by atoms with E-state index in [-0.39, 0.29) is 16.8 Å². The Morgan fingerprint density at radius 1 is 1.15 bits per heavy atom. The molecular formula is C15H15ClN2O2. The third-order valence-electron chi connectivity index (χ3n) is 2.96. The Bertz CT molecular complexity index is 665. The van der Waals surface area contributed by atoms with Crippen LogP contribution in [-0.2, 0) is 0 Å². The molecule has 1 heterocycles. The van der Waals surface area contributed by atoms with Crippen molar-refractivity contribution in [2.24, 2.45) is 0 Å². The normalized spacial score (nSPS) is 10.2. The van der Waals surface area contributed by atoms with Crippen molar-refractivity contribution in [1.82, 2.24) is 10.2 Å². The molecule has 0 aliphatic carbocycles. The van der Waals surface area contributed by atoms with Crippen LogP contribution in [0.25, 0.3) is 5.57 Å². The number of hydrogen-bond donors (Lipinski definition) is 1. The Labute approximate surface area is 122 Å². The van der Waals surface area contributed by atoms with Gasteiger partial charge in [0.1, 0.15) is 5.75 Å². The minimum absolute atomic E-state index is 0.0309. The number of para-hydroxylation sites is 1. The highest BCUT2D eigenvalue weighted by Crippen LogP contribution is 2.34. The van der Waals surface area contributed by atoms with Gasteiger partial charge in [-0.2, -0.15) is 0 Å². The van der Waals surface area contributed by atoms with Crippen molar-refractivity contribution in [3.8, 4) is 17.4 Å². The summed E-state index contributed by atoms with van der Waals surface area (Å²) < 4.78 is 5.65. The quantitative estimate of drug-likeness (QED) is 0.908. The minimum atomic E-state index is -0.144. The van der Waals surface area contributed by atoms with E-state index in [0.29, 0.717) is 5.75 Å². The number of ether oxygens (including phenoxy) is 1. The topological polar surface area (TPSA) is 55.2 Å². The number of benzene rings is 1. The van der Waals surface area contributed by atoms with Crippen molar-refractivity contribution in [2.45, 2.75) is 20.8 Å². The standard InChI is InChI=1S/C15H15ClN2O2/c1-9(2)10(3)11-6-4-5-7-13(11)20-15-12(19)8-14(16)17-18-15/h4-8H,1-3H3,(H,17,19). The van der Waals surface area contributed by atoms with Gasteiger partial charge in [-0.3, -0.25) is 0 Å². The number of hydrogen-bond acceptors (Lipinski definition) is 4. The molecule has 0 saturated carbocycles. The predicted molar refractivity (Wildman–Crippen MR) is 79.2 cm³/mol. The molecule has 0 aliphatic rings. The molecule has 2 rings (SSSR count). The lowest BCUT2D eigenvalue weighted by Gasteiger charge is -2.12. The fourth-order valence-electron chi connectivity index (χ4n) is 1.66. The van der Waals surface area contributed by atoms with Crippen LogP contribution in [0, 0.1) is 0 Å². The van der Waals surface area contributed by atoms with E-state index in [1.54, 1.807) is 0 Å². The number of allylic oxidation sites excluding steroid dienone is 2. The highest BCUT2D eigenvalue weighted by molar-refractivity contribution is 6.29. The summed E-state index contributed by atoms with van der Waals surface area (Å²) in [4.78, 5) is 0. The van der Waals surface area contributed by atoms with Gasteiger partial charge in [-0.25, -0.2) is 0 Å². The number of halogens is 1. The molecule has 1 aromatic heterocycles. The SMILES string of the molecule is CC(C)=C(C)c1ccccc1Oc1nnc(Cl)cc1O. The number of aromatic hydroxyl groups is 1. The molecule has 1 N–H and O–H groups in total. The van der Waals surface area contributed by atoms with E-state index < -0.39 is 0 Å². The molecule has 5 heteroatoms. The summed E-state index contributed by atoms with van der Waals surface area (Å²) in [5.41, 5.74) is 3.25. The summed E-state index contributed by atoms with van der Waals surface area (Å²) in [5.74, 6) is 0.496. The van der Waals surface area contributed by atoms with Crippen molar-refractivity contribution in [3.05, 3.63) is 46.6 Å². The summed E-state index contributed by atoms with van der Waals surface area (Å²) >= 11 is 5.65. The van der Waals surface area contributed by atoms with E-state index >= 15 is 0 Å². The van der Waals surface area contributed by atoms with Crippen molar-refractivity contribution in [1.29, 1.82) is 0 Å². The third-order valence-corrected chi connectivity index (χ3v) is 3.14. The van der Waals surface area contributed by atoms with E-state index in [2.05, 4.69) is 10.2 Å². The minimum Gasteiger partial charge on any atom is -0.503 e. The molecule has 0 atom stereocenters. The first-order chi connectivity index (χ1) is 9.49. The summed E-state index contributed by atoms with van der Waals surface area (Å²) in [7, 11) is 0. The van der Waals surface area contributed by atoms with Crippen molar-refractivity contribution < 1.29 is 9.84 Å². The van der Waals surface area contributed by atoms with E-state index in [1.807, 2.05) is 45.0 Å². The Balaban J connectivity index is 2.42. The van der Waals surface area contributed by atoms with Gasteiger partial charge in [-0.05, 0) is 32.4 Å². The zero-order valence-electron chi connectivity index (χ0n) is 11.5. The van der Waals surface area contributed by atoms with Gasteiger partial charge in [0, 0.05) is 11.6 Å². The fourth-order valence-corrected chi connectivity index (χ4v) is 1.80. The maximum Gasteiger partial charge on any atom is 0.281 e. The average Bonchev–Trinajstić information content (AvgIpc) is 2.41. The summed E-state index contributed by atoms with van der Waals surface area (Å²) in [6.45, 7) is 6.09. The van der Waals surface area contributed by atoms with Crippen molar-refractivity contribution >= 4 is 17.2 Å². The van der Waals surface area contributed by atoms with Crippen LogP contribution in [0.1, 0.15) is 26.3 Å². The van der Waals surface area contributed by atoms with Gasteiger partial charge in [0.15, 0.2) is 10.9 Å². The molecule has 0 aliphatic heterocycles. The van der Waals surface area contributed by atoms with Crippen molar-refractivity contribution in [3.63, 3.8) is 0 Å². The van der Waals surface area contributed by atoms with Crippen LogP contribution in [0.15, 0.2) is 35.9 Å². The molecule has 4 nitrogen and oxygen atoms in total. The molecule has 0 unspecified atom stereocenters. The second kappa shape index (κ2) is 5.92. The van der Waals surface area contributed by atoms with Crippen LogP contribution in [0.5, 0.6) is 17.4 Å². The van der Waals surface area contributed by atoms with Gasteiger partial charge in [0.05, 0.1) is 0 Å². The Kier molecular flexibility index (Phi) is 4.25. The number of aromatic nitrogens is 2. The first-order valence-corrected chi connectivity index (χ1v) is 6.50. The van der Waals surface area contributed by atoms with Gasteiger partial charge in [0.25, 0.3) is 5.88 Å². The van der Waals surface area contributed by atoms with E-state index in [9.17, 15) is 5.11 Å². The largest absolute Gasteiger partial charge is 0.503 e. The van der Waals surface area contributed by atoms with Gasteiger partial charge in [-0.1, -0.05) is 35.4 Å². The smallest absolute Gasteiger partial charge is 0.281 e. The number of rotatable bonds is 3. The van der Waals surface area contributed by atoms with Gasteiger partial charge >= 0.3 is 0 Å². The molecule has 0 saturated heterocycles. The first kappa shape index (κ1) is 14.3. The molecule has 1 aromatic carbocycles. The van der Waals surface area contributed by atoms with Crippen molar-refractivity contribution in [2.75, 3.05) is 0 Å². The van der Waals surface area contributed by atoms with Crippen LogP contribution in [0.3, 0.4) is 0 Å². The van der Waals surface area contributed by atoms with Crippen LogP contribution >= 0.6 is 11.6 Å². The van der Waals surface area contributed by atoms with E-state index in [0.717, 1.165) is 11.1 Å².